The van der Waals surface area contributed by atoms with Gasteiger partial charge in [-0.2, -0.15) is 0 Å². The predicted octanol–water partition coefficient (Wildman–Crippen LogP) is 3.10. The number of likely N-dealkylation sites (tertiary alicyclic amines) is 1. The second-order valence-electron chi connectivity index (χ2n) is 7.08. The van der Waals surface area contributed by atoms with Gasteiger partial charge in [0.05, 0.1) is 18.7 Å². The van der Waals surface area contributed by atoms with E-state index >= 15 is 0 Å². The number of aliphatic hydroxyl groups is 1. The molecule has 0 bridgehead atoms. The van der Waals surface area contributed by atoms with Gasteiger partial charge in [-0.3, -0.25) is 0 Å². The Morgan fingerprint density at radius 3 is 2.77 bits per heavy atom. The van der Waals surface area contributed by atoms with Crippen LogP contribution in [0.25, 0.3) is 0 Å². The molecular formula is C17H28N2O3. The average Bonchev–Trinajstić information content (AvgIpc) is 3.11. The fraction of sp³-hybridized carbons (Fsp3) is 0.706. The molecule has 5 heteroatoms. The van der Waals surface area contributed by atoms with E-state index in [1.54, 1.807) is 4.90 Å². The summed E-state index contributed by atoms with van der Waals surface area (Å²) in [5.41, 5.74) is -0.160. The first kappa shape index (κ1) is 16.9. The van der Waals surface area contributed by atoms with Crippen molar-refractivity contribution in [1.82, 2.24) is 10.2 Å². The minimum Gasteiger partial charge on any atom is -0.464 e. The Bertz CT molecular complexity index is 504. The molecule has 22 heavy (non-hydrogen) atoms. The molecular weight excluding hydrogens is 280 g/mol. The van der Waals surface area contributed by atoms with Crippen LogP contribution in [0.1, 0.15) is 58.1 Å². The van der Waals surface area contributed by atoms with Crippen LogP contribution in [0.15, 0.2) is 16.5 Å². The van der Waals surface area contributed by atoms with Crippen molar-refractivity contribution >= 4 is 6.03 Å². The summed E-state index contributed by atoms with van der Waals surface area (Å²) in [5.74, 6) is 1.71. The molecule has 2 atom stereocenters. The number of rotatable bonds is 4. The lowest BCUT2D eigenvalue weighted by Gasteiger charge is -2.33. The molecule has 124 valence electrons. The molecule has 0 aliphatic carbocycles. The second-order valence-corrected chi connectivity index (χ2v) is 7.08. The van der Waals surface area contributed by atoms with Gasteiger partial charge in [-0.05, 0) is 30.4 Å². The highest BCUT2D eigenvalue weighted by atomic mass is 16.3. The normalized spacial score (nSPS) is 20.2. The standard InChI is InChI=1S/C17H28N2O3/c1-5-13-8-9-14(22-13)15(17(2,3)4)18-16(21)19-10-6-7-12(19)11-20/h8-9,12,15,20H,5-7,10-11H2,1-4H3,(H,18,21). The maximum absolute atomic E-state index is 12.6. The number of amides is 2. The van der Waals surface area contributed by atoms with Gasteiger partial charge in [-0.15, -0.1) is 0 Å². The molecule has 0 radical (unpaired) electrons. The van der Waals surface area contributed by atoms with Crippen molar-refractivity contribution in [3.63, 3.8) is 0 Å². The number of hydrogen-bond donors (Lipinski definition) is 2. The summed E-state index contributed by atoms with van der Waals surface area (Å²) in [5, 5.41) is 12.5. The average molecular weight is 308 g/mol. The molecule has 2 amide bonds. The molecule has 2 N–H and O–H groups in total. The molecule has 1 saturated heterocycles. The number of furan rings is 1. The van der Waals surface area contributed by atoms with Crippen molar-refractivity contribution in [2.24, 2.45) is 5.41 Å². The maximum Gasteiger partial charge on any atom is 0.318 e. The van der Waals surface area contributed by atoms with Gasteiger partial charge in [0.1, 0.15) is 11.5 Å². The maximum atomic E-state index is 12.6. The molecule has 1 fully saturated rings. The molecule has 2 heterocycles. The molecule has 1 aliphatic rings. The predicted molar refractivity (Wildman–Crippen MR) is 85.6 cm³/mol. The molecule has 0 saturated carbocycles. The van der Waals surface area contributed by atoms with Crippen molar-refractivity contribution in [3.05, 3.63) is 23.7 Å². The van der Waals surface area contributed by atoms with Gasteiger partial charge in [-0.1, -0.05) is 27.7 Å². The minimum absolute atomic E-state index is 0.0222. The molecule has 2 unspecified atom stereocenters. The van der Waals surface area contributed by atoms with Crippen LogP contribution in [-0.4, -0.2) is 35.2 Å². The number of nitrogens with zero attached hydrogens (tertiary/aromatic N) is 1. The van der Waals surface area contributed by atoms with E-state index < -0.39 is 0 Å². The van der Waals surface area contributed by atoms with Crippen LogP contribution in [0.2, 0.25) is 0 Å². The van der Waals surface area contributed by atoms with Crippen LogP contribution >= 0.6 is 0 Å². The van der Waals surface area contributed by atoms with Crippen LogP contribution < -0.4 is 5.32 Å². The largest absolute Gasteiger partial charge is 0.464 e. The van der Waals surface area contributed by atoms with Crippen molar-refractivity contribution in [1.29, 1.82) is 0 Å². The van der Waals surface area contributed by atoms with Crippen LogP contribution in [0, 0.1) is 5.41 Å². The smallest absolute Gasteiger partial charge is 0.318 e. The first-order valence-corrected chi connectivity index (χ1v) is 8.13. The third-order valence-corrected chi connectivity index (χ3v) is 4.30. The number of hydrogen-bond acceptors (Lipinski definition) is 3. The van der Waals surface area contributed by atoms with E-state index in [-0.39, 0.29) is 30.1 Å². The van der Waals surface area contributed by atoms with Crippen LogP contribution in [0.4, 0.5) is 4.79 Å². The lowest BCUT2D eigenvalue weighted by molar-refractivity contribution is 0.143. The zero-order valence-corrected chi connectivity index (χ0v) is 14.1. The number of carbonyl (C=O) groups excluding carboxylic acids is 1. The molecule has 0 spiro atoms. The number of urea groups is 1. The molecule has 5 nitrogen and oxygen atoms in total. The van der Waals surface area contributed by atoms with Crippen molar-refractivity contribution in [2.45, 2.75) is 59.0 Å². The monoisotopic (exact) mass is 308 g/mol. The van der Waals surface area contributed by atoms with E-state index in [0.29, 0.717) is 6.54 Å². The lowest BCUT2D eigenvalue weighted by Crippen LogP contribution is -2.47. The summed E-state index contributed by atoms with van der Waals surface area (Å²) >= 11 is 0. The Morgan fingerprint density at radius 2 is 2.23 bits per heavy atom. The summed E-state index contributed by atoms with van der Waals surface area (Å²) in [7, 11) is 0. The third-order valence-electron chi connectivity index (χ3n) is 4.30. The van der Waals surface area contributed by atoms with Gasteiger partial charge in [0.25, 0.3) is 0 Å². The Hall–Kier alpha value is -1.49. The molecule has 1 aliphatic heterocycles. The highest BCUT2D eigenvalue weighted by molar-refractivity contribution is 5.75. The number of carbonyl (C=O) groups is 1. The fourth-order valence-corrected chi connectivity index (χ4v) is 2.95. The van der Waals surface area contributed by atoms with Gasteiger partial charge in [-0.25, -0.2) is 4.79 Å². The zero-order valence-electron chi connectivity index (χ0n) is 14.1. The van der Waals surface area contributed by atoms with Crippen molar-refractivity contribution in [2.75, 3.05) is 13.2 Å². The third kappa shape index (κ3) is 3.64. The van der Waals surface area contributed by atoms with Gasteiger partial charge >= 0.3 is 6.03 Å². The van der Waals surface area contributed by atoms with E-state index in [2.05, 4.69) is 26.1 Å². The van der Waals surface area contributed by atoms with Gasteiger partial charge in [0.2, 0.25) is 0 Å². The minimum atomic E-state index is -0.194. The fourth-order valence-electron chi connectivity index (χ4n) is 2.95. The van der Waals surface area contributed by atoms with E-state index in [1.807, 2.05) is 19.1 Å². The number of nitrogens with one attached hydrogen (secondary N) is 1. The highest BCUT2D eigenvalue weighted by Crippen LogP contribution is 2.34. The summed E-state index contributed by atoms with van der Waals surface area (Å²) in [6, 6.07) is 3.53. The SMILES string of the molecule is CCc1ccc(C(NC(=O)N2CCCC2CO)C(C)(C)C)o1. The Kier molecular flexibility index (Phi) is 5.16. The molecule has 1 aromatic heterocycles. The van der Waals surface area contributed by atoms with Gasteiger partial charge in [0.15, 0.2) is 0 Å². The lowest BCUT2D eigenvalue weighted by atomic mass is 9.85. The Labute approximate surface area is 132 Å². The highest BCUT2D eigenvalue weighted by Gasteiger charge is 2.34. The van der Waals surface area contributed by atoms with E-state index in [0.717, 1.165) is 30.8 Å². The summed E-state index contributed by atoms with van der Waals surface area (Å²) in [6.45, 7) is 9.02. The summed E-state index contributed by atoms with van der Waals surface area (Å²) < 4.78 is 5.86. The quantitative estimate of drug-likeness (QED) is 0.898. The van der Waals surface area contributed by atoms with Crippen molar-refractivity contribution in [3.8, 4) is 0 Å². The van der Waals surface area contributed by atoms with E-state index in [4.69, 9.17) is 4.42 Å². The van der Waals surface area contributed by atoms with Crippen molar-refractivity contribution < 1.29 is 14.3 Å². The van der Waals surface area contributed by atoms with Crippen LogP contribution in [0.3, 0.4) is 0 Å². The van der Waals surface area contributed by atoms with E-state index in [9.17, 15) is 9.90 Å². The van der Waals surface area contributed by atoms with Gasteiger partial charge < -0.3 is 19.7 Å². The zero-order chi connectivity index (χ0) is 16.3. The molecule has 0 aromatic carbocycles. The summed E-state index contributed by atoms with van der Waals surface area (Å²) in [4.78, 5) is 14.3. The van der Waals surface area contributed by atoms with E-state index in [1.165, 1.54) is 0 Å². The summed E-state index contributed by atoms with van der Waals surface area (Å²) in [6.07, 6.45) is 2.65. The first-order valence-electron chi connectivity index (χ1n) is 8.13. The first-order chi connectivity index (χ1) is 10.4. The second kappa shape index (κ2) is 6.73. The van der Waals surface area contributed by atoms with Crippen LogP contribution in [-0.2, 0) is 6.42 Å². The Morgan fingerprint density at radius 1 is 1.50 bits per heavy atom. The topological polar surface area (TPSA) is 65.7 Å². The Balaban J connectivity index is 2.15. The molecule has 1 aromatic rings. The van der Waals surface area contributed by atoms with Gasteiger partial charge in [0, 0.05) is 13.0 Å². The number of aryl methyl sites for hydroxylation is 1. The molecule has 2 rings (SSSR count). The number of aliphatic hydroxyl groups excluding tert-OH is 1. The van der Waals surface area contributed by atoms with Crippen LogP contribution in [0.5, 0.6) is 0 Å².